The van der Waals surface area contributed by atoms with Crippen LogP contribution in [-0.4, -0.2) is 64.1 Å². The van der Waals surface area contributed by atoms with Crippen LogP contribution < -0.4 is 10.2 Å². The molecule has 8 nitrogen and oxygen atoms in total. The first-order valence-corrected chi connectivity index (χ1v) is 11.7. The van der Waals surface area contributed by atoms with E-state index in [0.717, 1.165) is 28.0 Å². The van der Waals surface area contributed by atoms with Gasteiger partial charge in [-0.2, -0.15) is 5.10 Å². The van der Waals surface area contributed by atoms with Crippen molar-refractivity contribution in [2.45, 2.75) is 25.3 Å². The van der Waals surface area contributed by atoms with Gasteiger partial charge in [-0.3, -0.25) is 19.8 Å². The second-order valence-corrected chi connectivity index (χ2v) is 9.30. The van der Waals surface area contributed by atoms with E-state index in [-0.39, 0.29) is 24.4 Å². The van der Waals surface area contributed by atoms with Crippen LogP contribution in [0.3, 0.4) is 0 Å². The first kappa shape index (κ1) is 23.8. The average Bonchev–Trinajstić information content (AvgIpc) is 3.29. The number of hydrogen-bond donors (Lipinski definition) is 2. The molecule has 186 valence electrons. The van der Waals surface area contributed by atoms with Crippen LogP contribution in [0.4, 0.5) is 20.3 Å². The van der Waals surface area contributed by atoms with Crippen molar-refractivity contribution < 1.29 is 13.6 Å². The van der Waals surface area contributed by atoms with Gasteiger partial charge in [0, 0.05) is 69.9 Å². The van der Waals surface area contributed by atoms with Crippen LogP contribution in [0.25, 0.3) is 22.0 Å². The fourth-order valence-electron chi connectivity index (χ4n) is 4.31. The summed E-state index contributed by atoms with van der Waals surface area (Å²) in [6.45, 7) is 1.30. The second kappa shape index (κ2) is 9.62. The Kier molecular flexibility index (Phi) is 6.36. The van der Waals surface area contributed by atoms with Gasteiger partial charge in [0.15, 0.2) is 5.69 Å². The second-order valence-electron chi connectivity index (χ2n) is 9.30. The number of halogens is 2. The number of rotatable bonds is 6. The lowest BCUT2D eigenvalue weighted by molar-refractivity contribution is -0.0566. The lowest BCUT2D eigenvalue weighted by Crippen LogP contribution is -2.38. The summed E-state index contributed by atoms with van der Waals surface area (Å²) in [6.07, 6.45) is 4.90. The van der Waals surface area contributed by atoms with Gasteiger partial charge in [0.05, 0.1) is 17.4 Å². The van der Waals surface area contributed by atoms with Gasteiger partial charge in [0.25, 0.3) is 11.8 Å². The molecule has 1 aliphatic rings. The predicted octanol–water partition coefficient (Wildman–Crippen LogP) is 4.57. The molecule has 0 atom stereocenters. The summed E-state index contributed by atoms with van der Waals surface area (Å²) < 4.78 is 27.0. The summed E-state index contributed by atoms with van der Waals surface area (Å²) in [4.78, 5) is 25.6. The Balaban J connectivity index is 1.34. The van der Waals surface area contributed by atoms with Crippen molar-refractivity contribution in [2.75, 3.05) is 37.4 Å². The summed E-state index contributed by atoms with van der Waals surface area (Å²) in [5, 5.41) is 10.7. The number of fused-ring (bicyclic) bond motifs is 1. The van der Waals surface area contributed by atoms with Gasteiger partial charge in [0.1, 0.15) is 5.82 Å². The maximum atomic E-state index is 13.5. The van der Waals surface area contributed by atoms with E-state index in [1.807, 2.05) is 54.2 Å². The largest absolute Gasteiger partial charge is 0.363 e. The lowest BCUT2D eigenvalue weighted by atomic mass is 10.0. The molecule has 0 bridgehead atoms. The van der Waals surface area contributed by atoms with Gasteiger partial charge in [0.2, 0.25) is 0 Å². The number of likely N-dealkylation sites (tertiary alicyclic amines) is 1. The molecule has 0 unspecified atom stereocenters. The fourth-order valence-corrected chi connectivity index (χ4v) is 4.31. The van der Waals surface area contributed by atoms with E-state index < -0.39 is 5.92 Å². The number of nitrogens with zero attached hydrogens (tertiary/aromatic N) is 5. The summed E-state index contributed by atoms with van der Waals surface area (Å²) >= 11 is 0. The molecular weight excluding hydrogens is 464 g/mol. The molecule has 3 aromatic heterocycles. The van der Waals surface area contributed by atoms with Gasteiger partial charge >= 0.3 is 0 Å². The summed E-state index contributed by atoms with van der Waals surface area (Å²) in [7, 11) is 3.79. The number of anilines is 2. The molecule has 1 aromatic carbocycles. The molecule has 5 rings (SSSR count). The highest BCUT2D eigenvalue weighted by Crippen LogP contribution is 2.30. The van der Waals surface area contributed by atoms with Crippen molar-refractivity contribution in [1.29, 1.82) is 0 Å². The molecule has 10 heteroatoms. The summed E-state index contributed by atoms with van der Waals surface area (Å²) in [5.41, 5.74) is 4.31. The smallest absolute Gasteiger partial charge is 0.276 e. The van der Waals surface area contributed by atoms with Gasteiger partial charge in [-0.05, 0) is 41.5 Å². The van der Waals surface area contributed by atoms with E-state index in [1.54, 1.807) is 24.7 Å². The SMILES string of the molecule is CN(C)c1ccc(NC(=O)c2n[nH]c3ccc(-c4cncc(CN5CCC(F)(F)CC5)c4)cc23)cn1. The van der Waals surface area contributed by atoms with E-state index in [4.69, 9.17) is 0 Å². The third-order valence-corrected chi connectivity index (χ3v) is 6.36. The number of carbonyl (C=O) groups is 1. The van der Waals surface area contributed by atoms with Crippen LogP contribution >= 0.6 is 0 Å². The first-order chi connectivity index (χ1) is 17.3. The number of pyridine rings is 2. The zero-order valence-electron chi connectivity index (χ0n) is 20.1. The van der Waals surface area contributed by atoms with Crippen molar-refractivity contribution in [1.82, 2.24) is 25.1 Å². The zero-order valence-corrected chi connectivity index (χ0v) is 20.1. The van der Waals surface area contributed by atoms with Crippen LogP contribution in [0.1, 0.15) is 28.9 Å². The number of carbonyl (C=O) groups excluding carboxylic acids is 1. The molecule has 36 heavy (non-hydrogen) atoms. The van der Waals surface area contributed by atoms with Crippen LogP contribution in [0, 0.1) is 0 Å². The number of hydrogen-bond acceptors (Lipinski definition) is 6. The van der Waals surface area contributed by atoms with E-state index >= 15 is 0 Å². The Morgan fingerprint density at radius 2 is 1.89 bits per heavy atom. The number of nitrogens with one attached hydrogen (secondary N) is 2. The minimum absolute atomic E-state index is 0.113. The number of H-pyrrole nitrogens is 1. The molecule has 1 aliphatic heterocycles. The monoisotopic (exact) mass is 491 g/mol. The van der Waals surface area contributed by atoms with E-state index in [1.165, 1.54) is 0 Å². The molecule has 0 spiro atoms. The topological polar surface area (TPSA) is 90.0 Å². The Hall–Kier alpha value is -3.92. The van der Waals surface area contributed by atoms with Crippen molar-refractivity contribution in [3.63, 3.8) is 0 Å². The summed E-state index contributed by atoms with van der Waals surface area (Å²) in [5.74, 6) is -2.12. The van der Waals surface area contributed by atoms with Crippen LogP contribution in [0.5, 0.6) is 0 Å². The van der Waals surface area contributed by atoms with Gasteiger partial charge in [-0.1, -0.05) is 6.07 Å². The maximum Gasteiger partial charge on any atom is 0.276 e. The molecule has 4 heterocycles. The molecule has 1 amide bonds. The number of benzene rings is 1. The molecule has 4 aromatic rings. The quantitative estimate of drug-likeness (QED) is 0.411. The Morgan fingerprint density at radius 1 is 1.08 bits per heavy atom. The molecule has 1 fully saturated rings. The number of piperidine rings is 1. The third kappa shape index (κ3) is 5.18. The number of aromatic nitrogens is 4. The highest BCUT2D eigenvalue weighted by Gasteiger charge is 2.33. The minimum Gasteiger partial charge on any atom is -0.363 e. The average molecular weight is 492 g/mol. The molecule has 2 N–H and O–H groups in total. The molecule has 0 saturated carbocycles. The van der Waals surface area contributed by atoms with Crippen LogP contribution in [0.2, 0.25) is 0 Å². The predicted molar refractivity (Wildman–Crippen MR) is 135 cm³/mol. The molecule has 1 saturated heterocycles. The van der Waals surface area contributed by atoms with E-state index in [0.29, 0.717) is 30.7 Å². The van der Waals surface area contributed by atoms with Crippen molar-refractivity contribution >= 4 is 28.3 Å². The highest BCUT2D eigenvalue weighted by molar-refractivity contribution is 6.11. The normalized spacial score (nSPS) is 15.7. The molecular formula is C26H27F2N7O. The van der Waals surface area contributed by atoms with E-state index in [2.05, 4.69) is 25.5 Å². The fraction of sp³-hybridized carbons (Fsp3) is 0.308. The van der Waals surface area contributed by atoms with Gasteiger partial charge in [-0.25, -0.2) is 13.8 Å². The summed E-state index contributed by atoms with van der Waals surface area (Å²) in [6, 6.07) is 11.4. The van der Waals surface area contributed by atoms with Gasteiger partial charge < -0.3 is 10.2 Å². The Morgan fingerprint density at radius 3 is 2.61 bits per heavy atom. The highest BCUT2D eigenvalue weighted by atomic mass is 19.3. The number of amides is 1. The first-order valence-electron chi connectivity index (χ1n) is 11.7. The van der Waals surface area contributed by atoms with E-state index in [9.17, 15) is 13.6 Å². The standard InChI is InChI=1S/C26H27F2N7O/c1-34(2)23-6-4-20(15-30-23)31-25(36)24-21-12-18(3-5-22(21)32-33-24)19-11-17(13-29-14-19)16-35-9-7-26(27,28)8-10-35/h3-6,11-15H,7-10,16H2,1-2H3,(H,31,36)(H,32,33). The van der Waals surface area contributed by atoms with Crippen LogP contribution in [-0.2, 0) is 6.54 Å². The molecule has 0 radical (unpaired) electrons. The van der Waals surface area contributed by atoms with Gasteiger partial charge in [-0.15, -0.1) is 0 Å². The van der Waals surface area contributed by atoms with Crippen LogP contribution in [0.15, 0.2) is 55.0 Å². The van der Waals surface area contributed by atoms with Crippen molar-refractivity contribution in [3.8, 4) is 11.1 Å². The number of aromatic amines is 1. The Labute approximate surface area is 207 Å². The lowest BCUT2D eigenvalue weighted by Gasteiger charge is -2.31. The maximum absolute atomic E-state index is 13.5. The zero-order chi connectivity index (χ0) is 25.3. The van der Waals surface area contributed by atoms with Crippen molar-refractivity contribution in [2.24, 2.45) is 0 Å². The molecule has 0 aliphatic carbocycles. The number of alkyl halides is 2. The Bertz CT molecular complexity index is 1370. The minimum atomic E-state index is -2.56. The van der Waals surface area contributed by atoms with Crippen molar-refractivity contribution in [3.05, 3.63) is 66.2 Å². The third-order valence-electron chi connectivity index (χ3n) is 6.36.